The second-order valence-corrected chi connectivity index (χ2v) is 4.60. The summed E-state index contributed by atoms with van der Waals surface area (Å²) in [6.07, 6.45) is 1.47. The fourth-order valence-electron chi connectivity index (χ4n) is 2.23. The first-order valence-electron chi connectivity index (χ1n) is 6.47. The number of ether oxygens (including phenoxy) is 1. The Morgan fingerprint density at radius 2 is 2.20 bits per heavy atom. The summed E-state index contributed by atoms with van der Waals surface area (Å²) in [6, 6.07) is 2.71. The number of H-pyrrole nitrogens is 1. The van der Waals surface area contributed by atoms with Crippen molar-refractivity contribution in [1.82, 2.24) is 9.88 Å². The Morgan fingerprint density at radius 1 is 1.50 bits per heavy atom. The molecule has 8 heteroatoms. The van der Waals surface area contributed by atoms with Crippen LogP contribution in [0.25, 0.3) is 0 Å². The van der Waals surface area contributed by atoms with E-state index in [4.69, 9.17) is 9.84 Å². The van der Waals surface area contributed by atoms with Gasteiger partial charge in [-0.25, -0.2) is 4.98 Å². The van der Waals surface area contributed by atoms with E-state index in [9.17, 15) is 14.9 Å². The quantitative estimate of drug-likeness (QED) is 0.605. The van der Waals surface area contributed by atoms with Crippen LogP contribution in [0, 0.1) is 10.1 Å². The summed E-state index contributed by atoms with van der Waals surface area (Å²) in [5.41, 5.74) is 0.228. The van der Waals surface area contributed by atoms with Crippen LogP contribution >= 0.6 is 0 Å². The molecule has 1 aromatic rings. The lowest BCUT2D eigenvalue weighted by Crippen LogP contribution is -2.41. The van der Waals surface area contributed by atoms with Crippen molar-refractivity contribution in [3.8, 4) is 0 Å². The van der Waals surface area contributed by atoms with Crippen molar-refractivity contribution in [2.24, 2.45) is 0 Å². The number of nitrogens with one attached hydrogen (secondary N) is 1. The van der Waals surface area contributed by atoms with Gasteiger partial charge in [-0.1, -0.05) is 0 Å². The molecule has 2 heterocycles. The second-order valence-electron chi connectivity index (χ2n) is 4.60. The summed E-state index contributed by atoms with van der Waals surface area (Å²) in [5.74, 6) is -0.423. The van der Waals surface area contributed by atoms with Gasteiger partial charge in [0, 0.05) is 19.2 Å². The Balaban J connectivity index is 1.89. The van der Waals surface area contributed by atoms with Crippen LogP contribution in [0.2, 0.25) is 0 Å². The van der Waals surface area contributed by atoms with Crippen LogP contribution in [0.15, 0.2) is 12.1 Å². The number of aliphatic hydroxyl groups excluding tert-OH is 1. The summed E-state index contributed by atoms with van der Waals surface area (Å²) in [4.78, 5) is 26.3. The van der Waals surface area contributed by atoms with Crippen LogP contribution < -0.4 is 0 Å². The van der Waals surface area contributed by atoms with E-state index < -0.39 is 4.92 Å². The number of piperidine rings is 1. The fraction of sp³-hybridized carbons (Fsp3) is 0.583. The van der Waals surface area contributed by atoms with Gasteiger partial charge in [-0.15, -0.1) is 0 Å². The molecule has 1 saturated heterocycles. The van der Waals surface area contributed by atoms with E-state index in [1.165, 1.54) is 12.1 Å². The fourth-order valence-corrected chi connectivity index (χ4v) is 2.23. The highest BCUT2D eigenvalue weighted by Crippen LogP contribution is 2.17. The van der Waals surface area contributed by atoms with Gasteiger partial charge in [0.15, 0.2) is 5.69 Å². The van der Waals surface area contributed by atoms with E-state index in [0.29, 0.717) is 32.5 Å². The van der Waals surface area contributed by atoms with Gasteiger partial charge in [-0.05, 0) is 23.8 Å². The highest BCUT2D eigenvalue weighted by molar-refractivity contribution is 5.93. The van der Waals surface area contributed by atoms with E-state index >= 15 is 0 Å². The van der Waals surface area contributed by atoms with Gasteiger partial charge < -0.3 is 24.9 Å². The smallest absolute Gasteiger partial charge is 0.321 e. The zero-order valence-corrected chi connectivity index (χ0v) is 10.9. The number of hydrogen-bond donors (Lipinski definition) is 2. The molecule has 0 aliphatic carbocycles. The first-order valence-corrected chi connectivity index (χ1v) is 6.47. The molecular formula is C12H17N3O5. The number of carbonyl (C=O) groups excluding carboxylic acids is 1. The lowest BCUT2D eigenvalue weighted by molar-refractivity contribution is -0.389. The molecule has 110 valence electrons. The highest BCUT2D eigenvalue weighted by Gasteiger charge is 2.26. The summed E-state index contributed by atoms with van der Waals surface area (Å²) < 4.78 is 5.42. The van der Waals surface area contributed by atoms with Gasteiger partial charge in [0.25, 0.3) is 5.91 Å². The lowest BCUT2D eigenvalue weighted by Gasteiger charge is -2.31. The van der Waals surface area contributed by atoms with Gasteiger partial charge >= 0.3 is 5.82 Å². The van der Waals surface area contributed by atoms with Gasteiger partial charge in [-0.3, -0.25) is 4.79 Å². The molecule has 2 rings (SSSR count). The number of aromatic amines is 1. The number of rotatable bonds is 5. The maximum atomic E-state index is 12.1. The molecule has 1 fully saturated rings. The van der Waals surface area contributed by atoms with Gasteiger partial charge in [0.2, 0.25) is 0 Å². The molecule has 0 saturated carbocycles. The molecule has 0 spiro atoms. The molecule has 0 aromatic carbocycles. The first-order chi connectivity index (χ1) is 9.61. The van der Waals surface area contributed by atoms with Crippen LogP contribution in [0.1, 0.15) is 23.3 Å². The standard InChI is InChI=1S/C12H17N3O5/c16-7-8-20-9-3-5-14(6-4-9)12(17)10-1-2-11(13-10)15(18)19/h1-2,9,13,16H,3-8H2. The average molecular weight is 283 g/mol. The third-order valence-corrected chi connectivity index (χ3v) is 3.27. The molecular weight excluding hydrogens is 266 g/mol. The maximum Gasteiger partial charge on any atom is 0.321 e. The predicted octanol–water partition coefficient (Wildman–Crippen LogP) is 0.536. The van der Waals surface area contributed by atoms with Gasteiger partial charge in [-0.2, -0.15) is 0 Å². The minimum atomic E-state index is -0.564. The van der Waals surface area contributed by atoms with Crippen LogP contribution in [0.3, 0.4) is 0 Å². The number of hydrogen-bond acceptors (Lipinski definition) is 5. The number of aromatic nitrogens is 1. The van der Waals surface area contributed by atoms with Crippen molar-refractivity contribution in [1.29, 1.82) is 0 Å². The Morgan fingerprint density at radius 3 is 2.75 bits per heavy atom. The van der Waals surface area contributed by atoms with Crippen LogP contribution in [-0.2, 0) is 4.74 Å². The zero-order valence-electron chi connectivity index (χ0n) is 10.9. The molecule has 0 bridgehead atoms. The van der Waals surface area contributed by atoms with Crippen LogP contribution in [-0.4, -0.2) is 58.2 Å². The van der Waals surface area contributed by atoms with Crippen molar-refractivity contribution in [2.45, 2.75) is 18.9 Å². The van der Waals surface area contributed by atoms with E-state index in [2.05, 4.69) is 4.98 Å². The molecule has 1 aromatic heterocycles. The number of amides is 1. The third-order valence-electron chi connectivity index (χ3n) is 3.27. The van der Waals surface area contributed by atoms with E-state index in [1.54, 1.807) is 4.90 Å². The Kier molecular flexibility index (Phi) is 4.70. The van der Waals surface area contributed by atoms with Crippen molar-refractivity contribution < 1.29 is 19.6 Å². The molecule has 0 atom stereocenters. The van der Waals surface area contributed by atoms with E-state index in [-0.39, 0.29) is 30.1 Å². The molecule has 0 unspecified atom stereocenters. The summed E-state index contributed by atoms with van der Waals surface area (Å²) in [5, 5.41) is 19.3. The number of likely N-dealkylation sites (tertiary alicyclic amines) is 1. The molecule has 2 N–H and O–H groups in total. The Bertz CT molecular complexity index is 479. The number of aliphatic hydroxyl groups is 1. The zero-order chi connectivity index (χ0) is 14.5. The van der Waals surface area contributed by atoms with E-state index in [0.717, 1.165) is 0 Å². The maximum absolute atomic E-state index is 12.1. The summed E-state index contributed by atoms with van der Waals surface area (Å²) in [6.45, 7) is 1.39. The van der Waals surface area contributed by atoms with Crippen molar-refractivity contribution >= 4 is 11.7 Å². The third kappa shape index (κ3) is 3.34. The van der Waals surface area contributed by atoms with Crippen molar-refractivity contribution in [3.63, 3.8) is 0 Å². The van der Waals surface area contributed by atoms with Crippen LogP contribution in [0.5, 0.6) is 0 Å². The molecule has 1 aliphatic rings. The topological polar surface area (TPSA) is 109 Å². The second kappa shape index (κ2) is 6.49. The minimum absolute atomic E-state index is 0.00864. The Labute approximate surface area is 115 Å². The predicted molar refractivity (Wildman–Crippen MR) is 69.4 cm³/mol. The summed E-state index contributed by atoms with van der Waals surface area (Å²) in [7, 11) is 0. The summed E-state index contributed by atoms with van der Waals surface area (Å²) >= 11 is 0. The van der Waals surface area contributed by atoms with Crippen molar-refractivity contribution in [3.05, 3.63) is 27.9 Å². The minimum Gasteiger partial charge on any atom is -0.394 e. The molecule has 8 nitrogen and oxygen atoms in total. The SMILES string of the molecule is O=C(c1ccc([N+](=O)[O-])[nH]1)N1CCC(OCCO)CC1. The number of nitro groups is 1. The number of nitrogens with zero attached hydrogens (tertiary/aromatic N) is 2. The number of carbonyl (C=O) groups is 1. The lowest BCUT2D eigenvalue weighted by atomic mass is 10.1. The average Bonchev–Trinajstić information content (AvgIpc) is 2.95. The molecule has 1 aliphatic heterocycles. The van der Waals surface area contributed by atoms with Crippen molar-refractivity contribution in [2.75, 3.05) is 26.3 Å². The normalized spacial score (nSPS) is 16.4. The van der Waals surface area contributed by atoms with Gasteiger partial charge in [0.1, 0.15) is 0 Å². The van der Waals surface area contributed by atoms with E-state index in [1.807, 2.05) is 0 Å². The molecule has 0 radical (unpaired) electrons. The first kappa shape index (κ1) is 14.5. The monoisotopic (exact) mass is 283 g/mol. The Hall–Kier alpha value is -1.93. The molecule has 20 heavy (non-hydrogen) atoms. The van der Waals surface area contributed by atoms with Gasteiger partial charge in [0.05, 0.1) is 19.3 Å². The molecule has 1 amide bonds. The highest BCUT2D eigenvalue weighted by atomic mass is 16.6. The van der Waals surface area contributed by atoms with Crippen LogP contribution in [0.4, 0.5) is 5.82 Å². The largest absolute Gasteiger partial charge is 0.394 e.